The molecule has 2 aromatic heterocycles. The van der Waals surface area contributed by atoms with Crippen molar-refractivity contribution in [2.45, 2.75) is 32.2 Å². The van der Waals surface area contributed by atoms with Crippen LogP contribution in [0.5, 0.6) is 5.75 Å². The molecule has 2 aliphatic heterocycles. The Balaban J connectivity index is 0.000000237. The van der Waals surface area contributed by atoms with E-state index in [1.807, 2.05) is 47.0 Å². The van der Waals surface area contributed by atoms with Crippen molar-refractivity contribution in [2.75, 3.05) is 24.7 Å². The lowest BCUT2D eigenvalue weighted by Crippen LogP contribution is -2.42. The molecular weight excluding hydrogens is 516 g/mol. The molecule has 0 atom stereocenters. The summed E-state index contributed by atoms with van der Waals surface area (Å²) < 4.78 is 7.58. The molecule has 6 rings (SSSR count). The van der Waals surface area contributed by atoms with Crippen LogP contribution in [0.15, 0.2) is 73.1 Å². The minimum absolute atomic E-state index is 0.0654. The van der Waals surface area contributed by atoms with Gasteiger partial charge in [0.25, 0.3) is 5.91 Å². The topological polar surface area (TPSA) is 141 Å². The third-order valence-corrected chi connectivity index (χ3v) is 7.05. The van der Waals surface area contributed by atoms with Crippen LogP contribution in [-0.2, 0) is 11.2 Å². The summed E-state index contributed by atoms with van der Waals surface area (Å²) in [7, 11) is 0. The standard InChI is InChI=1S/C22H20N6O.C9H14N2O/c23-11-12-27(24)20-9-8-19-25-21(17-7-6-15-10-13-29-18(15)14-17)22(28(19)26-20)16-4-2-1-3-5-16;1-2-3-9(12)11-6-4-8(10)5-7-11/h1-9,11-12,14H,10,13,23-24H2;8H,4-7,10H2,1H3/b12-11-;. The number of hydrogen-bond acceptors (Lipinski definition) is 8. The van der Waals surface area contributed by atoms with Gasteiger partial charge in [0.15, 0.2) is 11.5 Å². The van der Waals surface area contributed by atoms with Crippen molar-refractivity contribution in [3.05, 3.63) is 78.6 Å². The van der Waals surface area contributed by atoms with E-state index in [0.717, 1.165) is 72.9 Å². The van der Waals surface area contributed by atoms with Crippen LogP contribution in [0.3, 0.4) is 0 Å². The van der Waals surface area contributed by atoms with Crippen LogP contribution in [0.4, 0.5) is 5.82 Å². The summed E-state index contributed by atoms with van der Waals surface area (Å²) in [6, 6.07) is 20.3. The molecule has 0 spiro atoms. The summed E-state index contributed by atoms with van der Waals surface area (Å²) in [5, 5.41) is 6.08. The molecule has 4 heterocycles. The highest BCUT2D eigenvalue weighted by atomic mass is 16.5. The SMILES string of the molecule is CC#CC(=O)N1CCC(N)CC1.N/C=C\N(N)c1ccc2nc(-c3ccc4c(c3)OCC4)c(-c3ccccc3)n2n1. The van der Waals surface area contributed by atoms with Crippen LogP contribution in [0.2, 0.25) is 0 Å². The van der Waals surface area contributed by atoms with E-state index >= 15 is 0 Å². The van der Waals surface area contributed by atoms with E-state index in [1.54, 1.807) is 18.0 Å². The van der Waals surface area contributed by atoms with E-state index in [4.69, 9.17) is 32.1 Å². The average molecular weight is 551 g/mol. The third-order valence-electron chi connectivity index (χ3n) is 7.05. The minimum atomic E-state index is -0.0654. The van der Waals surface area contributed by atoms with Crippen molar-refractivity contribution in [1.29, 1.82) is 0 Å². The summed E-state index contributed by atoms with van der Waals surface area (Å²) in [6.45, 7) is 3.92. The van der Waals surface area contributed by atoms with Gasteiger partial charge in [-0.1, -0.05) is 48.4 Å². The van der Waals surface area contributed by atoms with Gasteiger partial charge in [-0.3, -0.25) is 9.80 Å². The number of ether oxygens (including phenoxy) is 1. The number of aromatic nitrogens is 3. The number of nitrogens with zero attached hydrogens (tertiary/aromatic N) is 5. The number of anilines is 1. The van der Waals surface area contributed by atoms with Gasteiger partial charge in [-0.2, -0.15) is 0 Å². The number of rotatable bonds is 4. The van der Waals surface area contributed by atoms with Crippen molar-refractivity contribution in [2.24, 2.45) is 17.3 Å². The first-order valence-corrected chi connectivity index (χ1v) is 13.6. The maximum absolute atomic E-state index is 11.2. The lowest BCUT2D eigenvalue weighted by atomic mass is 10.0. The Morgan fingerprint density at radius 2 is 1.88 bits per heavy atom. The normalized spacial score (nSPS) is 14.6. The molecule has 2 aliphatic rings. The van der Waals surface area contributed by atoms with E-state index in [-0.39, 0.29) is 11.9 Å². The van der Waals surface area contributed by atoms with Gasteiger partial charge in [0.2, 0.25) is 0 Å². The highest BCUT2D eigenvalue weighted by Crippen LogP contribution is 2.36. The number of amides is 1. The van der Waals surface area contributed by atoms with Crippen molar-refractivity contribution >= 4 is 17.4 Å². The number of likely N-dealkylation sites (tertiary alicyclic amines) is 1. The summed E-state index contributed by atoms with van der Waals surface area (Å²) in [5.41, 5.74) is 16.9. The van der Waals surface area contributed by atoms with E-state index in [0.29, 0.717) is 5.82 Å². The first-order chi connectivity index (χ1) is 20.0. The Hall–Kier alpha value is -4.85. The van der Waals surface area contributed by atoms with Gasteiger partial charge < -0.3 is 21.1 Å². The molecule has 1 fully saturated rings. The molecule has 1 amide bonds. The largest absolute Gasteiger partial charge is 0.493 e. The molecule has 0 bridgehead atoms. The number of imidazole rings is 1. The molecule has 0 saturated carbocycles. The minimum Gasteiger partial charge on any atom is -0.493 e. The zero-order valence-corrected chi connectivity index (χ0v) is 23.0. The number of hydrogen-bond donors (Lipinski definition) is 3. The molecule has 10 nitrogen and oxygen atoms in total. The zero-order valence-electron chi connectivity index (χ0n) is 23.0. The van der Waals surface area contributed by atoms with Crippen LogP contribution in [-0.4, -0.2) is 51.1 Å². The van der Waals surface area contributed by atoms with Gasteiger partial charge in [-0.25, -0.2) is 15.3 Å². The number of hydrazine groups is 1. The second-order valence-electron chi connectivity index (χ2n) is 9.81. The molecule has 1 saturated heterocycles. The first kappa shape index (κ1) is 27.7. The smallest absolute Gasteiger partial charge is 0.298 e. The molecule has 6 N–H and O–H groups in total. The van der Waals surface area contributed by atoms with Crippen molar-refractivity contribution in [3.8, 4) is 40.1 Å². The van der Waals surface area contributed by atoms with Gasteiger partial charge in [0.1, 0.15) is 11.4 Å². The monoisotopic (exact) mass is 550 g/mol. The second-order valence-corrected chi connectivity index (χ2v) is 9.81. The molecule has 41 heavy (non-hydrogen) atoms. The first-order valence-electron chi connectivity index (χ1n) is 13.6. The van der Waals surface area contributed by atoms with Crippen LogP contribution in [0.1, 0.15) is 25.3 Å². The van der Waals surface area contributed by atoms with Crippen LogP contribution in [0, 0.1) is 11.8 Å². The molecule has 2 aromatic carbocycles. The van der Waals surface area contributed by atoms with Crippen LogP contribution >= 0.6 is 0 Å². The van der Waals surface area contributed by atoms with Crippen molar-refractivity contribution < 1.29 is 9.53 Å². The molecule has 0 unspecified atom stereocenters. The van der Waals surface area contributed by atoms with E-state index in [2.05, 4.69) is 30.0 Å². The molecule has 4 aromatic rings. The van der Waals surface area contributed by atoms with Gasteiger partial charge in [0, 0.05) is 49.1 Å². The van der Waals surface area contributed by atoms with Gasteiger partial charge in [-0.15, -0.1) is 5.10 Å². The number of carbonyl (C=O) groups is 1. The van der Waals surface area contributed by atoms with E-state index in [1.165, 1.54) is 16.8 Å². The van der Waals surface area contributed by atoms with Crippen molar-refractivity contribution in [3.63, 3.8) is 0 Å². The fraction of sp³-hybridized carbons (Fsp3) is 0.258. The fourth-order valence-corrected chi connectivity index (χ4v) is 4.89. The summed E-state index contributed by atoms with van der Waals surface area (Å²) in [6.07, 6.45) is 5.66. The Labute approximate surface area is 239 Å². The summed E-state index contributed by atoms with van der Waals surface area (Å²) >= 11 is 0. The van der Waals surface area contributed by atoms with Crippen LogP contribution < -0.4 is 27.1 Å². The number of nitrogens with two attached hydrogens (primary N) is 3. The Morgan fingerprint density at radius 1 is 1.10 bits per heavy atom. The third kappa shape index (κ3) is 6.17. The lowest BCUT2D eigenvalue weighted by molar-refractivity contribution is -0.126. The van der Waals surface area contributed by atoms with Crippen LogP contribution in [0.25, 0.3) is 28.2 Å². The lowest BCUT2D eigenvalue weighted by Gasteiger charge is -2.28. The molecule has 0 radical (unpaired) electrons. The maximum Gasteiger partial charge on any atom is 0.298 e. The Morgan fingerprint density at radius 3 is 2.61 bits per heavy atom. The Bertz CT molecular complexity index is 1610. The van der Waals surface area contributed by atoms with E-state index in [9.17, 15) is 4.79 Å². The average Bonchev–Trinajstić information content (AvgIpc) is 3.62. The highest BCUT2D eigenvalue weighted by Gasteiger charge is 2.21. The predicted molar refractivity (Wildman–Crippen MR) is 160 cm³/mol. The molecule has 210 valence electrons. The maximum atomic E-state index is 11.2. The summed E-state index contributed by atoms with van der Waals surface area (Å²) in [5.74, 6) is 12.6. The quantitative estimate of drug-likeness (QED) is 0.200. The number of piperidine rings is 1. The molecular formula is C31H34N8O2. The van der Waals surface area contributed by atoms with Gasteiger partial charge in [0.05, 0.1) is 12.3 Å². The van der Waals surface area contributed by atoms with Crippen molar-refractivity contribution in [1.82, 2.24) is 19.5 Å². The predicted octanol–water partition coefficient (Wildman–Crippen LogP) is 3.07. The Kier molecular flexibility index (Phi) is 8.48. The van der Waals surface area contributed by atoms with Gasteiger partial charge >= 0.3 is 0 Å². The second kappa shape index (κ2) is 12.6. The molecule has 0 aliphatic carbocycles. The fourth-order valence-electron chi connectivity index (χ4n) is 4.89. The zero-order chi connectivity index (χ0) is 28.8. The number of carbonyl (C=O) groups excluding carboxylic acids is 1. The van der Waals surface area contributed by atoms with Gasteiger partial charge in [-0.05, 0) is 49.4 Å². The highest BCUT2D eigenvalue weighted by molar-refractivity contribution is 5.93. The van der Waals surface area contributed by atoms with E-state index < -0.39 is 0 Å². The molecule has 10 heteroatoms. The number of fused-ring (bicyclic) bond motifs is 2. The summed E-state index contributed by atoms with van der Waals surface area (Å²) in [4.78, 5) is 17.9. The number of benzene rings is 2.